The Morgan fingerprint density at radius 3 is 2.85 bits per heavy atom. The lowest BCUT2D eigenvalue weighted by molar-refractivity contribution is -0.150. The fourth-order valence-corrected chi connectivity index (χ4v) is 1.96. The van der Waals surface area contributed by atoms with Gasteiger partial charge in [-0.25, -0.2) is 0 Å². The maximum absolute atomic E-state index is 10.9. The molecule has 0 saturated heterocycles. The molecule has 0 spiro atoms. The van der Waals surface area contributed by atoms with Crippen LogP contribution in [0.15, 0.2) is 0 Å². The molecule has 0 bridgehead atoms. The third-order valence-electron chi connectivity index (χ3n) is 2.62. The minimum absolute atomic E-state index is 0.00305. The van der Waals surface area contributed by atoms with E-state index in [0.717, 1.165) is 19.3 Å². The first-order valence-electron chi connectivity index (χ1n) is 4.93. The van der Waals surface area contributed by atoms with E-state index < -0.39 is 0 Å². The number of ether oxygens (including phenoxy) is 1. The standard InChI is InChI=1S/C10H19NO2/c1-10(2)5-3-4-8(6-10)13-9(12)7-11/h8H,3-7,11H2,1-2H3. The average molecular weight is 185 g/mol. The molecule has 1 saturated carbocycles. The van der Waals surface area contributed by atoms with Crippen molar-refractivity contribution in [2.24, 2.45) is 11.1 Å². The lowest BCUT2D eigenvalue weighted by atomic mass is 9.76. The highest BCUT2D eigenvalue weighted by atomic mass is 16.5. The van der Waals surface area contributed by atoms with Crippen LogP contribution in [0.5, 0.6) is 0 Å². The molecule has 0 aliphatic heterocycles. The molecule has 76 valence electrons. The molecule has 1 unspecified atom stereocenters. The van der Waals surface area contributed by atoms with Crippen LogP contribution in [0.25, 0.3) is 0 Å². The van der Waals surface area contributed by atoms with Gasteiger partial charge in [0.15, 0.2) is 0 Å². The Morgan fingerprint density at radius 2 is 2.31 bits per heavy atom. The van der Waals surface area contributed by atoms with Crippen molar-refractivity contribution >= 4 is 5.97 Å². The van der Waals surface area contributed by atoms with Gasteiger partial charge in [0.25, 0.3) is 0 Å². The summed E-state index contributed by atoms with van der Waals surface area (Å²) in [6.07, 6.45) is 4.44. The van der Waals surface area contributed by atoms with Crippen LogP contribution in [0.4, 0.5) is 0 Å². The van der Waals surface area contributed by atoms with Gasteiger partial charge in [-0.3, -0.25) is 4.79 Å². The van der Waals surface area contributed by atoms with Crippen LogP contribution in [0.2, 0.25) is 0 Å². The summed E-state index contributed by atoms with van der Waals surface area (Å²) in [7, 11) is 0. The second kappa shape index (κ2) is 4.09. The zero-order valence-corrected chi connectivity index (χ0v) is 8.51. The second-order valence-electron chi connectivity index (χ2n) is 4.58. The molecule has 0 heterocycles. The Kier molecular flexibility index (Phi) is 3.31. The average Bonchev–Trinajstić information content (AvgIpc) is 2.02. The second-order valence-corrected chi connectivity index (χ2v) is 4.58. The van der Waals surface area contributed by atoms with Crippen molar-refractivity contribution in [1.29, 1.82) is 0 Å². The molecule has 0 radical (unpaired) electrons. The van der Waals surface area contributed by atoms with Gasteiger partial charge < -0.3 is 10.5 Å². The van der Waals surface area contributed by atoms with E-state index in [1.165, 1.54) is 6.42 Å². The van der Waals surface area contributed by atoms with E-state index in [4.69, 9.17) is 10.5 Å². The Morgan fingerprint density at radius 1 is 1.62 bits per heavy atom. The van der Waals surface area contributed by atoms with Gasteiger partial charge in [-0.05, 0) is 31.1 Å². The summed E-state index contributed by atoms with van der Waals surface area (Å²) in [5, 5.41) is 0. The minimum atomic E-state index is -0.275. The Labute approximate surface area is 79.6 Å². The number of carbonyl (C=O) groups excluding carboxylic acids is 1. The molecule has 3 heteroatoms. The van der Waals surface area contributed by atoms with E-state index in [2.05, 4.69) is 13.8 Å². The first-order valence-corrected chi connectivity index (χ1v) is 4.93. The molecule has 1 aliphatic carbocycles. The molecule has 0 aromatic heterocycles. The molecule has 13 heavy (non-hydrogen) atoms. The topological polar surface area (TPSA) is 52.3 Å². The van der Waals surface area contributed by atoms with Crippen LogP contribution in [-0.2, 0) is 9.53 Å². The zero-order chi connectivity index (χ0) is 9.90. The Hall–Kier alpha value is -0.570. The van der Waals surface area contributed by atoms with Crippen molar-refractivity contribution in [3.05, 3.63) is 0 Å². The molecule has 2 N–H and O–H groups in total. The number of rotatable bonds is 2. The molecule has 1 aliphatic rings. The third kappa shape index (κ3) is 3.35. The van der Waals surface area contributed by atoms with Crippen molar-refractivity contribution in [1.82, 2.24) is 0 Å². The molecule has 1 atom stereocenters. The lowest BCUT2D eigenvalue weighted by Gasteiger charge is -2.34. The molecular formula is C10H19NO2. The zero-order valence-electron chi connectivity index (χ0n) is 8.51. The van der Waals surface area contributed by atoms with Crippen LogP contribution in [0.3, 0.4) is 0 Å². The Balaban J connectivity index is 2.39. The fourth-order valence-electron chi connectivity index (χ4n) is 1.96. The molecule has 0 aromatic carbocycles. The van der Waals surface area contributed by atoms with Gasteiger partial charge in [-0.1, -0.05) is 13.8 Å². The van der Waals surface area contributed by atoms with Gasteiger partial charge in [0.1, 0.15) is 6.10 Å². The lowest BCUT2D eigenvalue weighted by Crippen LogP contribution is -2.32. The normalized spacial score (nSPS) is 26.8. The number of hydrogen-bond acceptors (Lipinski definition) is 3. The van der Waals surface area contributed by atoms with Gasteiger partial charge in [0.05, 0.1) is 6.54 Å². The summed E-state index contributed by atoms with van der Waals surface area (Å²) in [6, 6.07) is 0. The van der Waals surface area contributed by atoms with Gasteiger partial charge in [0, 0.05) is 0 Å². The number of nitrogens with two attached hydrogens (primary N) is 1. The first-order chi connectivity index (χ1) is 6.03. The van der Waals surface area contributed by atoms with Crippen molar-refractivity contribution in [3.8, 4) is 0 Å². The monoisotopic (exact) mass is 185 g/mol. The van der Waals surface area contributed by atoms with E-state index in [1.54, 1.807) is 0 Å². The summed E-state index contributed by atoms with van der Waals surface area (Å²) in [6.45, 7) is 4.43. The van der Waals surface area contributed by atoms with Crippen LogP contribution < -0.4 is 5.73 Å². The number of esters is 1. The fraction of sp³-hybridized carbons (Fsp3) is 0.900. The predicted octanol–water partition coefficient (Wildman–Crippen LogP) is 1.46. The molecule has 0 aromatic rings. The van der Waals surface area contributed by atoms with E-state index in [1.807, 2.05) is 0 Å². The number of hydrogen-bond donors (Lipinski definition) is 1. The van der Waals surface area contributed by atoms with Crippen molar-refractivity contribution < 1.29 is 9.53 Å². The molecular weight excluding hydrogens is 166 g/mol. The van der Waals surface area contributed by atoms with Crippen molar-refractivity contribution in [2.45, 2.75) is 45.6 Å². The number of carbonyl (C=O) groups is 1. The van der Waals surface area contributed by atoms with Gasteiger partial charge in [0.2, 0.25) is 0 Å². The minimum Gasteiger partial charge on any atom is -0.461 e. The third-order valence-corrected chi connectivity index (χ3v) is 2.62. The largest absolute Gasteiger partial charge is 0.461 e. The van der Waals surface area contributed by atoms with E-state index in [9.17, 15) is 4.79 Å². The van der Waals surface area contributed by atoms with Crippen LogP contribution in [0.1, 0.15) is 39.5 Å². The van der Waals surface area contributed by atoms with Crippen LogP contribution in [-0.4, -0.2) is 18.6 Å². The smallest absolute Gasteiger partial charge is 0.319 e. The van der Waals surface area contributed by atoms with Gasteiger partial charge in [-0.15, -0.1) is 0 Å². The van der Waals surface area contributed by atoms with Crippen LogP contribution in [0, 0.1) is 5.41 Å². The van der Waals surface area contributed by atoms with Crippen molar-refractivity contribution in [3.63, 3.8) is 0 Å². The molecule has 1 fully saturated rings. The van der Waals surface area contributed by atoms with Gasteiger partial charge in [-0.2, -0.15) is 0 Å². The highest BCUT2D eigenvalue weighted by molar-refractivity contribution is 5.71. The summed E-state index contributed by atoms with van der Waals surface area (Å²) in [4.78, 5) is 10.9. The molecule has 3 nitrogen and oxygen atoms in total. The predicted molar refractivity (Wildman–Crippen MR) is 51.2 cm³/mol. The Bertz CT molecular complexity index is 189. The SMILES string of the molecule is CC1(C)CCCC(OC(=O)CN)C1. The molecule has 0 amide bonds. The van der Waals surface area contributed by atoms with Crippen LogP contribution >= 0.6 is 0 Å². The maximum Gasteiger partial charge on any atom is 0.319 e. The summed E-state index contributed by atoms with van der Waals surface area (Å²) in [5.74, 6) is -0.275. The maximum atomic E-state index is 10.9. The highest BCUT2D eigenvalue weighted by Gasteiger charge is 2.29. The highest BCUT2D eigenvalue weighted by Crippen LogP contribution is 2.36. The summed E-state index contributed by atoms with van der Waals surface area (Å²) in [5.41, 5.74) is 5.50. The van der Waals surface area contributed by atoms with Gasteiger partial charge >= 0.3 is 5.97 Å². The van der Waals surface area contributed by atoms with E-state index >= 15 is 0 Å². The molecule has 1 rings (SSSR count). The first kappa shape index (κ1) is 10.5. The van der Waals surface area contributed by atoms with E-state index in [0.29, 0.717) is 5.41 Å². The quantitative estimate of drug-likeness (QED) is 0.662. The summed E-state index contributed by atoms with van der Waals surface area (Å²) >= 11 is 0. The van der Waals surface area contributed by atoms with Crippen molar-refractivity contribution in [2.75, 3.05) is 6.54 Å². The van der Waals surface area contributed by atoms with E-state index in [-0.39, 0.29) is 18.6 Å². The summed E-state index contributed by atoms with van der Waals surface area (Å²) < 4.78 is 5.21.